The van der Waals surface area contributed by atoms with Gasteiger partial charge < -0.3 is 9.42 Å². The van der Waals surface area contributed by atoms with E-state index in [1.165, 1.54) is 6.07 Å². The number of nitrogens with zero attached hydrogens (tertiary/aromatic N) is 5. The van der Waals surface area contributed by atoms with Crippen molar-refractivity contribution in [3.8, 4) is 17.5 Å². The van der Waals surface area contributed by atoms with E-state index in [1.54, 1.807) is 12.1 Å². The molecule has 6 nitrogen and oxygen atoms in total. The number of anilines is 1. The highest BCUT2D eigenvalue weighted by Gasteiger charge is 2.34. The zero-order valence-electron chi connectivity index (χ0n) is 17.7. The van der Waals surface area contributed by atoms with Crippen molar-refractivity contribution in [2.75, 3.05) is 31.1 Å². The van der Waals surface area contributed by atoms with E-state index in [9.17, 15) is 13.2 Å². The summed E-state index contributed by atoms with van der Waals surface area (Å²) in [4.78, 5) is 8.59. The molecule has 1 aromatic heterocycles. The van der Waals surface area contributed by atoms with E-state index in [2.05, 4.69) is 15.0 Å². The molecular formula is C23H22F3N5O. The number of aromatic nitrogens is 2. The number of halogens is 3. The monoisotopic (exact) mass is 441 g/mol. The van der Waals surface area contributed by atoms with Crippen molar-refractivity contribution in [3.63, 3.8) is 0 Å². The SMILES string of the molecule is Cc1ccc(-c2noc(C(C)N3CCN(c4ccc(C#N)c(C(F)(F)F)c4)CC3)n2)cc1. The Morgan fingerprint density at radius 2 is 1.75 bits per heavy atom. The summed E-state index contributed by atoms with van der Waals surface area (Å²) in [5, 5.41) is 13.1. The number of alkyl halides is 3. The summed E-state index contributed by atoms with van der Waals surface area (Å²) in [5.41, 5.74) is 1.22. The molecular weight excluding hydrogens is 419 g/mol. The fourth-order valence-corrected chi connectivity index (χ4v) is 3.81. The van der Waals surface area contributed by atoms with Crippen LogP contribution in [0.25, 0.3) is 11.4 Å². The third-order valence-corrected chi connectivity index (χ3v) is 5.77. The Kier molecular flexibility index (Phi) is 5.89. The third-order valence-electron chi connectivity index (χ3n) is 5.77. The molecule has 2 heterocycles. The van der Waals surface area contributed by atoms with Crippen molar-refractivity contribution in [3.05, 3.63) is 65.0 Å². The summed E-state index contributed by atoms with van der Waals surface area (Å²) in [6.45, 7) is 6.34. The van der Waals surface area contributed by atoms with E-state index < -0.39 is 11.7 Å². The van der Waals surface area contributed by atoms with Crippen LogP contribution in [0.3, 0.4) is 0 Å². The van der Waals surface area contributed by atoms with Crippen LogP contribution in [0.15, 0.2) is 47.0 Å². The average Bonchev–Trinajstić information content (AvgIpc) is 3.28. The van der Waals surface area contributed by atoms with Crippen LogP contribution in [-0.4, -0.2) is 41.2 Å². The van der Waals surface area contributed by atoms with E-state index in [0.717, 1.165) is 17.2 Å². The fraction of sp³-hybridized carbons (Fsp3) is 0.348. The zero-order chi connectivity index (χ0) is 22.9. The minimum Gasteiger partial charge on any atom is -0.369 e. The molecule has 1 atom stereocenters. The van der Waals surface area contributed by atoms with Gasteiger partial charge in [0.2, 0.25) is 11.7 Å². The van der Waals surface area contributed by atoms with Crippen LogP contribution in [0.4, 0.5) is 18.9 Å². The van der Waals surface area contributed by atoms with Crippen LogP contribution in [-0.2, 0) is 6.18 Å². The first-order chi connectivity index (χ1) is 15.3. The third kappa shape index (κ3) is 4.46. The van der Waals surface area contributed by atoms with E-state index >= 15 is 0 Å². The molecule has 166 valence electrons. The molecule has 1 aliphatic rings. The molecule has 1 unspecified atom stereocenters. The van der Waals surface area contributed by atoms with Crippen molar-refractivity contribution in [2.45, 2.75) is 26.1 Å². The Hall–Kier alpha value is -3.38. The normalized spacial score (nSPS) is 16.1. The Morgan fingerprint density at radius 3 is 2.38 bits per heavy atom. The number of aryl methyl sites for hydroxylation is 1. The summed E-state index contributed by atoms with van der Waals surface area (Å²) in [6, 6.07) is 13.2. The molecule has 0 bridgehead atoms. The standard InChI is InChI=1S/C23H22F3N5O/c1-15-3-5-17(6-4-15)21-28-22(32-29-21)16(2)30-9-11-31(12-10-30)19-8-7-18(14-27)20(13-19)23(24,25)26/h3-8,13,16H,9-12H2,1-2H3. The Balaban J connectivity index is 1.43. The van der Waals surface area contributed by atoms with Gasteiger partial charge in [-0.1, -0.05) is 35.0 Å². The van der Waals surface area contributed by atoms with Gasteiger partial charge in [0.25, 0.3) is 0 Å². The Bertz CT molecular complexity index is 1130. The molecule has 0 amide bonds. The maximum absolute atomic E-state index is 13.3. The van der Waals surface area contributed by atoms with Crippen molar-refractivity contribution < 1.29 is 17.7 Å². The number of piperazine rings is 1. The summed E-state index contributed by atoms with van der Waals surface area (Å²) >= 11 is 0. The number of benzene rings is 2. The minimum atomic E-state index is -4.56. The molecule has 1 fully saturated rings. The zero-order valence-corrected chi connectivity index (χ0v) is 17.7. The smallest absolute Gasteiger partial charge is 0.369 e. The quantitative estimate of drug-likeness (QED) is 0.578. The largest absolute Gasteiger partial charge is 0.417 e. The second-order valence-corrected chi connectivity index (χ2v) is 7.86. The first-order valence-corrected chi connectivity index (χ1v) is 10.3. The highest BCUT2D eigenvalue weighted by Crippen LogP contribution is 2.35. The maximum Gasteiger partial charge on any atom is 0.417 e. The molecule has 1 saturated heterocycles. The highest BCUT2D eigenvalue weighted by molar-refractivity contribution is 5.56. The predicted octanol–water partition coefficient (Wildman–Crippen LogP) is 4.82. The van der Waals surface area contributed by atoms with E-state index in [1.807, 2.05) is 43.0 Å². The van der Waals surface area contributed by atoms with Crippen LogP contribution in [0.1, 0.15) is 35.5 Å². The minimum absolute atomic E-state index is 0.115. The van der Waals surface area contributed by atoms with Crippen molar-refractivity contribution >= 4 is 5.69 Å². The van der Waals surface area contributed by atoms with Crippen molar-refractivity contribution in [1.29, 1.82) is 5.26 Å². The van der Waals surface area contributed by atoms with Gasteiger partial charge in [-0.25, -0.2) is 0 Å². The molecule has 4 rings (SSSR count). The van der Waals surface area contributed by atoms with Gasteiger partial charge in [0.1, 0.15) is 0 Å². The van der Waals surface area contributed by atoms with Gasteiger partial charge >= 0.3 is 6.18 Å². The second-order valence-electron chi connectivity index (χ2n) is 7.86. The summed E-state index contributed by atoms with van der Waals surface area (Å²) < 4.78 is 45.3. The molecule has 0 radical (unpaired) electrons. The van der Waals surface area contributed by atoms with Gasteiger partial charge in [-0.2, -0.15) is 23.4 Å². The number of nitriles is 1. The van der Waals surface area contributed by atoms with E-state index in [-0.39, 0.29) is 11.6 Å². The lowest BCUT2D eigenvalue weighted by Crippen LogP contribution is -2.47. The van der Waals surface area contributed by atoms with Gasteiger partial charge in [-0.3, -0.25) is 4.90 Å². The van der Waals surface area contributed by atoms with Crippen LogP contribution >= 0.6 is 0 Å². The first kappa shape index (κ1) is 21.8. The average molecular weight is 441 g/mol. The number of hydrogen-bond acceptors (Lipinski definition) is 6. The van der Waals surface area contributed by atoms with Crippen LogP contribution in [0, 0.1) is 18.3 Å². The van der Waals surface area contributed by atoms with E-state index in [0.29, 0.717) is 43.6 Å². The molecule has 0 saturated carbocycles. The second kappa shape index (κ2) is 8.63. The van der Waals surface area contributed by atoms with Gasteiger partial charge in [0.15, 0.2) is 0 Å². The molecule has 2 aromatic carbocycles. The number of rotatable bonds is 4. The predicted molar refractivity (Wildman–Crippen MR) is 113 cm³/mol. The molecule has 0 N–H and O–H groups in total. The first-order valence-electron chi connectivity index (χ1n) is 10.3. The molecule has 3 aromatic rings. The van der Waals surface area contributed by atoms with Crippen molar-refractivity contribution in [1.82, 2.24) is 15.0 Å². The van der Waals surface area contributed by atoms with Gasteiger partial charge in [0, 0.05) is 37.4 Å². The highest BCUT2D eigenvalue weighted by atomic mass is 19.4. The molecule has 1 aliphatic heterocycles. The molecule has 0 aliphatic carbocycles. The summed E-state index contributed by atoms with van der Waals surface area (Å²) in [5.74, 6) is 1.04. The summed E-state index contributed by atoms with van der Waals surface area (Å²) in [7, 11) is 0. The Morgan fingerprint density at radius 1 is 1.06 bits per heavy atom. The lowest BCUT2D eigenvalue weighted by atomic mass is 10.1. The molecule has 32 heavy (non-hydrogen) atoms. The Labute approximate surface area is 183 Å². The summed E-state index contributed by atoms with van der Waals surface area (Å²) in [6.07, 6.45) is -4.56. The maximum atomic E-state index is 13.3. The fourth-order valence-electron chi connectivity index (χ4n) is 3.81. The van der Waals surface area contributed by atoms with Gasteiger partial charge in [0.05, 0.1) is 23.2 Å². The topological polar surface area (TPSA) is 69.2 Å². The van der Waals surface area contributed by atoms with Crippen LogP contribution in [0.5, 0.6) is 0 Å². The molecule has 0 spiro atoms. The van der Waals surface area contributed by atoms with Crippen molar-refractivity contribution in [2.24, 2.45) is 0 Å². The number of hydrogen-bond donors (Lipinski definition) is 0. The van der Waals surface area contributed by atoms with Crippen LogP contribution < -0.4 is 4.90 Å². The van der Waals surface area contributed by atoms with E-state index in [4.69, 9.17) is 9.78 Å². The lowest BCUT2D eigenvalue weighted by Gasteiger charge is -2.38. The molecule has 9 heteroatoms. The lowest BCUT2D eigenvalue weighted by molar-refractivity contribution is -0.137. The van der Waals surface area contributed by atoms with Crippen LogP contribution in [0.2, 0.25) is 0 Å². The van der Waals surface area contributed by atoms with Gasteiger partial charge in [-0.15, -0.1) is 0 Å². The van der Waals surface area contributed by atoms with Gasteiger partial charge in [-0.05, 0) is 32.0 Å².